The average molecular weight is 332 g/mol. The number of hydrogen-bond acceptors (Lipinski definition) is 3. The second kappa shape index (κ2) is 10.5. The van der Waals surface area contributed by atoms with Gasteiger partial charge >= 0.3 is 0 Å². The fraction of sp³-hybridized carbons (Fsp3) is 0.650. The SMILES string of the molecule is CC(OCCCNC(=O)CC(C)C1CCCNC1)c1ccccc1. The highest BCUT2D eigenvalue weighted by Gasteiger charge is 2.21. The van der Waals surface area contributed by atoms with Crippen LogP contribution in [0.25, 0.3) is 0 Å². The number of nitrogens with one attached hydrogen (secondary N) is 2. The molecule has 0 bridgehead atoms. The van der Waals surface area contributed by atoms with Gasteiger partial charge in [0.1, 0.15) is 0 Å². The summed E-state index contributed by atoms with van der Waals surface area (Å²) in [5.41, 5.74) is 1.19. The Labute approximate surface area is 146 Å². The predicted octanol–water partition coefficient (Wildman–Crippen LogP) is 3.30. The Hall–Kier alpha value is -1.39. The van der Waals surface area contributed by atoms with Crippen molar-refractivity contribution in [3.05, 3.63) is 35.9 Å². The van der Waals surface area contributed by atoms with Gasteiger partial charge in [-0.05, 0) is 56.7 Å². The fourth-order valence-electron chi connectivity index (χ4n) is 3.28. The van der Waals surface area contributed by atoms with E-state index in [1.54, 1.807) is 0 Å². The lowest BCUT2D eigenvalue weighted by Gasteiger charge is -2.28. The van der Waals surface area contributed by atoms with E-state index in [-0.39, 0.29) is 12.0 Å². The molecule has 0 aromatic heterocycles. The van der Waals surface area contributed by atoms with Crippen molar-refractivity contribution < 1.29 is 9.53 Å². The summed E-state index contributed by atoms with van der Waals surface area (Å²) >= 11 is 0. The summed E-state index contributed by atoms with van der Waals surface area (Å²) in [5, 5.41) is 6.45. The van der Waals surface area contributed by atoms with Crippen LogP contribution in [0.5, 0.6) is 0 Å². The molecule has 3 atom stereocenters. The van der Waals surface area contributed by atoms with Crippen LogP contribution in [-0.2, 0) is 9.53 Å². The van der Waals surface area contributed by atoms with E-state index >= 15 is 0 Å². The van der Waals surface area contributed by atoms with Gasteiger partial charge in [-0.3, -0.25) is 4.79 Å². The van der Waals surface area contributed by atoms with Crippen molar-refractivity contribution in [2.45, 2.75) is 45.6 Å². The topological polar surface area (TPSA) is 50.4 Å². The molecule has 0 aliphatic carbocycles. The van der Waals surface area contributed by atoms with Gasteiger partial charge in [-0.15, -0.1) is 0 Å². The Kier molecular flexibility index (Phi) is 8.26. The molecule has 0 saturated carbocycles. The van der Waals surface area contributed by atoms with Crippen LogP contribution >= 0.6 is 0 Å². The van der Waals surface area contributed by atoms with Crippen LogP contribution in [0.15, 0.2) is 30.3 Å². The van der Waals surface area contributed by atoms with Gasteiger partial charge in [-0.25, -0.2) is 0 Å². The summed E-state index contributed by atoms with van der Waals surface area (Å²) < 4.78 is 5.83. The monoisotopic (exact) mass is 332 g/mol. The normalized spacial score (nSPS) is 20.3. The Bertz CT molecular complexity index is 472. The lowest BCUT2D eigenvalue weighted by molar-refractivity contribution is -0.122. The van der Waals surface area contributed by atoms with Gasteiger partial charge in [-0.1, -0.05) is 37.3 Å². The molecule has 24 heavy (non-hydrogen) atoms. The number of benzene rings is 1. The molecule has 134 valence electrons. The van der Waals surface area contributed by atoms with Gasteiger partial charge in [0.25, 0.3) is 0 Å². The van der Waals surface area contributed by atoms with Gasteiger partial charge in [0.05, 0.1) is 6.10 Å². The number of ether oxygens (including phenoxy) is 1. The minimum Gasteiger partial charge on any atom is -0.374 e. The van der Waals surface area contributed by atoms with Crippen LogP contribution in [0.4, 0.5) is 0 Å². The maximum Gasteiger partial charge on any atom is 0.220 e. The summed E-state index contributed by atoms with van der Waals surface area (Å²) in [5.74, 6) is 1.26. The number of piperidine rings is 1. The van der Waals surface area contributed by atoms with Crippen molar-refractivity contribution >= 4 is 5.91 Å². The maximum absolute atomic E-state index is 12.0. The standard InChI is InChI=1S/C20H32N2O2/c1-16(19-10-6-11-21-15-19)14-20(23)22-12-7-13-24-17(2)18-8-4-3-5-9-18/h3-5,8-9,16-17,19,21H,6-7,10-15H2,1-2H3,(H,22,23). The van der Waals surface area contributed by atoms with E-state index in [2.05, 4.69) is 36.6 Å². The summed E-state index contributed by atoms with van der Waals surface area (Å²) in [4.78, 5) is 12.0. The summed E-state index contributed by atoms with van der Waals surface area (Å²) in [7, 11) is 0. The number of hydrogen-bond donors (Lipinski definition) is 2. The Balaban J connectivity index is 1.54. The van der Waals surface area contributed by atoms with E-state index in [1.165, 1.54) is 18.4 Å². The molecule has 1 aromatic carbocycles. The van der Waals surface area contributed by atoms with Gasteiger partial charge in [0.15, 0.2) is 0 Å². The molecule has 3 unspecified atom stereocenters. The minimum absolute atomic E-state index is 0.0979. The molecule has 1 fully saturated rings. The smallest absolute Gasteiger partial charge is 0.220 e. The van der Waals surface area contributed by atoms with E-state index in [1.807, 2.05) is 18.2 Å². The van der Waals surface area contributed by atoms with Crippen LogP contribution in [0.2, 0.25) is 0 Å². The highest BCUT2D eigenvalue weighted by Crippen LogP contribution is 2.22. The molecule has 1 heterocycles. The summed E-state index contributed by atoms with van der Waals surface area (Å²) in [6.45, 7) is 7.79. The predicted molar refractivity (Wildman–Crippen MR) is 97.8 cm³/mol. The maximum atomic E-state index is 12.0. The van der Waals surface area contributed by atoms with E-state index in [4.69, 9.17) is 4.74 Å². The molecule has 1 amide bonds. The van der Waals surface area contributed by atoms with Crippen LogP contribution < -0.4 is 10.6 Å². The fourth-order valence-corrected chi connectivity index (χ4v) is 3.28. The molecule has 1 aliphatic rings. The third-order valence-corrected chi connectivity index (χ3v) is 4.93. The first-order chi connectivity index (χ1) is 11.7. The van der Waals surface area contributed by atoms with Crippen molar-refractivity contribution in [2.75, 3.05) is 26.2 Å². The molecule has 1 aromatic rings. The van der Waals surface area contributed by atoms with Crippen molar-refractivity contribution in [3.63, 3.8) is 0 Å². The summed E-state index contributed by atoms with van der Waals surface area (Å²) in [6, 6.07) is 10.2. The third kappa shape index (κ3) is 6.62. The van der Waals surface area contributed by atoms with Gasteiger partial charge in [0, 0.05) is 19.6 Å². The zero-order valence-corrected chi connectivity index (χ0v) is 15.1. The average Bonchev–Trinajstić information content (AvgIpc) is 2.62. The largest absolute Gasteiger partial charge is 0.374 e. The highest BCUT2D eigenvalue weighted by atomic mass is 16.5. The third-order valence-electron chi connectivity index (χ3n) is 4.93. The lowest BCUT2D eigenvalue weighted by atomic mass is 9.85. The molecular weight excluding hydrogens is 300 g/mol. The van der Waals surface area contributed by atoms with Crippen molar-refractivity contribution in [1.29, 1.82) is 0 Å². The zero-order chi connectivity index (χ0) is 17.2. The van der Waals surface area contributed by atoms with Gasteiger partial charge < -0.3 is 15.4 Å². The minimum atomic E-state index is 0.0979. The first kappa shape index (κ1) is 18.9. The molecule has 2 rings (SSSR count). The van der Waals surface area contributed by atoms with E-state index in [0.717, 1.165) is 19.5 Å². The first-order valence-corrected chi connectivity index (χ1v) is 9.30. The molecule has 1 saturated heterocycles. The quantitative estimate of drug-likeness (QED) is 0.682. The van der Waals surface area contributed by atoms with Crippen LogP contribution in [0.1, 0.15) is 51.2 Å². The highest BCUT2D eigenvalue weighted by molar-refractivity contribution is 5.76. The molecule has 0 radical (unpaired) electrons. The van der Waals surface area contributed by atoms with Gasteiger partial charge in [0.2, 0.25) is 5.91 Å². The molecule has 4 nitrogen and oxygen atoms in total. The Morgan fingerprint density at radius 1 is 1.33 bits per heavy atom. The second-order valence-electron chi connectivity index (χ2n) is 6.92. The van der Waals surface area contributed by atoms with Crippen LogP contribution in [-0.4, -0.2) is 32.1 Å². The van der Waals surface area contributed by atoms with E-state index in [9.17, 15) is 4.79 Å². The Morgan fingerprint density at radius 2 is 2.12 bits per heavy atom. The number of rotatable bonds is 9. The van der Waals surface area contributed by atoms with E-state index in [0.29, 0.717) is 31.4 Å². The number of amides is 1. The molecule has 1 aliphatic heterocycles. The van der Waals surface area contributed by atoms with Crippen LogP contribution in [0, 0.1) is 11.8 Å². The second-order valence-corrected chi connectivity index (χ2v) is 6.92. The summed E-state index contributed by atoms with van der Waals surface area (Å²) in [6.07, 6.45) is 4.05. The number of carbonyl (C=O) groups is 1. The number of carbonyl (C=O) groups excluding carboxylic acids is 1. The van der Waals surface area contributed by atoms with Crippen LogP contribution in [0.3, 0.4) is 0 Å². The van der Waals surface area contributed by atoms with Crippen molar-refractivity contribution in [3.8, 4) is 0 Å². The first-order valence-electron chi connectivity index (χ1n) is 9.30. The lowest BCUT2D eigenvalue weighted by Crippen LogP contribution is -2.35. The molecular formula is C20H32N2O2. The zero-order valence-electron chi connectivity index (χ0n) is 15.1. The van der Waals surface area contributed by atoms with E-state index < -0.39 is 0 Å². The van der Waals surface area contributed by atoms with Crippen molar-refractivity contribution in [1.82, 2.24) is 10.6 Å². The molecule has 4 heteroatoms. The molecule has 0 spiro atoms. The van der Waals surface area contributed by atoms with Gasteiger partial charge in [-0.2, -0.15) is 0 Å². The van der Waals surface area contributed by atoms with Crippen molar-refractivity contribution in [2.24, 2.45) is 11.8 Å². The molecule has 2 N–H and O–H groups in total. The Morgan fingerprint density at radius 3 is 2.83 bits per heavy atom.